The maximum atomic E-state index is 14.7. The van der Waals surface area contributed by atoms with Gasteiger partial charge in [-0.2, -0.15) is 0 Å². The van der Waals surface area contributed by atoms with Crippen molar-refractivity contribution in [1.29, 1.82) is 0 Å². The number of carbonyl (C=O) groups is 3. The molecule has 0 bridgehead atoms. The van der Waals surface area contributed by atoms with Crippen LogP contribution in [-0.2, 0) is 14.4 Å². The number of amides is 3. The molecule has 1 aromatic rings. The van der Waals surface area contributed by atoms with Crippen molar-refractivity contribution in [2.24, 2.45) is 11.8 Å². The fourth-order valence-electron chi connectivity index (χ4n) is 7.69. The van der Waals surface area contributed by atoms with Gasteiger partial charge in [-0.05, 0) is 25.3 Å². The van der Waals surface area contributed by atoms with Gasteiger partial charge in [0.15, 0.2) is 0 Å². The second-order valence-corrected chi connectivity index (χ2v) is 13.4. The SMILES string of the molecule is CN1CC=C[C@@]2(C)S[C@]34C=CCN(C5CCCCC5)C(=O)C3N([C@H](CO)c3ccccc3)C(=O)[C@@H]4[C@H]2C1=O. The standard InChI is InChI=1S/C30H37N3O4S/c1-29-15-9-17-31(2)26(35)23(29)24-27(36)33(22(19-34)20-11-5-3-6-12-20)25-28(37)32(21-13-7-4-8-14-21)18-10-16-30(24,25)38-29/h3,5-6,9-12,15-16,21-25,34H,4,7-8,13-14,17-19H2,1-2H3/t22-,23+,24+,25?,29-,30+/m1/s1. The van der Waals surface area contributed by atoms with E-state index in [-0.39, 0.29) is 30.4 Å². The van der Waals surface area contributed by atoms with Crippen molar-refractivity contribution < 1.29 is 19.5 Å². The highest BCUT2D eigenvalue weighted by Crippen LogP contribution is 2.66. The molecule has 0 aromatic heterocycles. The summed E-state index contributed by atoms with van der Waals surface area (Å²) >= 11 is 1.60. The molecule has 5 aliphatic rings. The molecule has 1 saturated carbocycles. The summed E-state index contributed by atoms with van der Waals surface area (Å²) in [5.41, 5.74) is 0.792. The Morgan fingerprint density at radius 2 is 1.66 bits per heavy atom. The molecule has 1 unspecified atom stereocenters. The van der Waals surface area contributed by atoms with Crippen LogP contribution in [0.5, 0.6) is 0 Å². The van der Waals surface area contributed by atoms with Gasteiger partial charge in [-0.25, -0.2) is 0 Å². The first-order valence-corrected chi connectivity index (χ1v) is 14.7. The Kier molecular flexibility index (Phi) is 6.46. The van der Waals surface area contributed by atoms with Crippen LogP contribution in [0, 0.1) is 11.8 Å². The van der Waals surface area contributed by atoms with E-state index >= 15 is 0 Å². The van der Waals surface area contributed by atoms with Gasteiger partial charge in [0, 0.05) is 30.9 Å². The van der Waals surface area contributed by atoms with E-state index in [4.69, 9.17) is 0 Å². The van der Waals surface area contributed by atoms with Crippen molar-refractivity contribution >= 4 is 29.5 Å². The molecule has 1 N–H and O–H groups in total. The van der Waals surface area contributed by atoms with Crippen LogP contribution in [0.4, 0.5) is 0 Å². The normalized spacial score (nSPS) is 36.1. The summed E-state index contributed by atoms with van der Waals surface area (Å²) in [7, 11) is 1.78. The molecule has 4 aliphatic heterocycles. The summed E-state index contributed by atoms with van der Waals surface area (Å²) in [5.74, 6) is -1.60. The smallest absolute Gasteiger partial charge is 0.247 e. The van der Waals surface area contributed by atoms with Gasteiger partial charge in [0.05, 0.1) is 29.2 Å². The molecule has 3 fully saturated rings. The molecule has 3 amide bonds. The molecular weight excluding hydrogens is 498 g/mol. The third kappa shape index (κ3) is 3.70. The zero-order valence-electron chi connectivity index (χ0n) is 22.2. The molecule has 2 saturated heterocycles. The Hall–Kier alpha value is -2.58. The van der Waals surface area contributed by atoms with E-state index in [1.165, 1.54) is 6.42 Å². The minimum atomic E-state index is -0.891. The molecular formula is C30H37N3O4S. The van der Waals surface area contributed by atoms with E-state index in [0.717, 1.165) is 31.2 Å². The van der Waals surface area contributed by atoms with Gasteiger partial charge < -0.3 is 19.8 Å². The lowest BCUT2D eigenvalue weighted by molar-refractivity contribution is -0.148. The Labute approximate surface area is 228 Å². The van der Waals surface area contributed by atoms with Crippen molar-refractivity contribution in [3.05, 3.63) is 60.2 Å². The number of thioether (sulfide) groups is 1. The van der Waals surface area contributed by atoms with Crippen LogP contribution in [0.15, 0.2) is 54.6 Å². The van der Waals surface area contributed by atoms with Gasteiger partial charge >= 0.3 is 0 Å². The van der Waals surface area contributed by atoms with Crippen LogP contribution < -0.4 is 0 Å². The summed E-state index contributed by atoms with van der Waals surface area (Å²) < 4.78 is -1.50. The van der Waals surface area contributed by atoms with Gasteiger partial charge in [0.1, 0.15) is 6.04 Å². The summed E-state index contributed by atoms with van der Waals surface area (Å²) in [5, 5.41) is 10.7. The molecule has 202 valence electrons. The highest BCUT2D eigenvalue weighted by Gasteiger charge is 2.74. The van der Waals surface area contributed by atoms with Crippen molar-refractivity contribution in [2.45, 2.75) is 66.6 Å². The van der Waals surface area contributed by atoms with Crippen LogP contribution in [0.3, 0.4) is 0 Å². The largest absolute Gasteiger partial charge is 0.394 e. The molecule has 6 atom stereocenters. The summed E-state index contributed by atoms with van der Waals surface area (Å²) in [6.45, 7) is 2.76. The number of carbonyl (C=O) groups excluding carboxylic acids is 3. The number of likely N-dealkylation sites (tertiary alicyclic amines) is 1. The first-order valence-electron chi connectivity index (χ1n) is 13.9. The second-order valence-electron chi connectivity index (χ2n) is 11.7. The van der Waals surface area contributed by atoms with Gasteiger partial charge in [-0.15, -0.1) is 11.8 Å². The van der Waals surface area contributed by atoms with Crippen LogP contribution >= 0.6 is 11.8 Å². The Morgan fingerprint density at radius 1 is 0.947 bits per heavy atom. The molecule has 4 heterocycles. The van der Waals surface area contributed by atoms with Crippen LogP contribution in [0.25, 0.3) is 0 Å². The summed E-state index contributed by atoms with van der Waals surface area (Å²) in [4.78, 5) is 48.5. The predicted octanol–water partition coefficient (Wildman–Crippen LogP) is 3.17. The summed E-state index contributed by atoms with van der Waals surface area (Å²) in [6, 6.07) is 8.16. The van der Waals surface area contributed by atoms with Gasteiger partial charge in [0.25, 0.3) is 0 Å². The lowest BCUT2D eigenvalue weighted by atomic mass is 9.74. The number of hydrogen-bond donors (Lipinski definition) is 1. The number of nitrogens with zero attached hydrogens (tertiary/aromatic N) is 3. The molecule has 1 spiro atoms. The topological polar surface area (TPSA) is 81.2 Å². The molecule has 38 heavy (non-hydrogen) atoms. The number of benzene rings is 1. The molecule has 1 aliphatic carbocycles. The predicted molar refractivity (Wildman–Crippen MR) is 147 cm³/mol. The monoisotopic (exact) mass is 535 g/mol. The first kappa shape index (κ1) is 25.7. The van der Waals surface area contributed by atoms with Crippen LogP contribution in [-0.4, -0.2) is 85.8 Å². The minimum absolute atomic E-state index is 0.0514. The first-order chi connectivity index (χ1) is 18.3. The quantitative estimate of drug-likeness (QED) is 0.599. The van der Waals surface area contributed by atoms with Gasteiger partial charge in [0.2, 0.25) is 17.7 Å². The molecule has 1 aromatic carbocycles. The summed E-state index contributed by atoms with van der Waals surface area (Å²) in [6.07, 6.45) is 13.6. The van der Waals surface area contributed by atoms with Crippen LogP contribution in [0.2, 0.25) is 0 Å². The maximum absolute atomic E-state index is 14.7. The lowest BCUT2D eigenvalue weighted by Crippen LogP contribution is -2.56. The number of aliphatic hydroxyl groups is 1. The van der Waals surface area contributed by atoms with Gasteiger partial charge in [-0.3, -0.25) is 14.4 Å². The van der Waals surface area contributed by atoms with Crippen molar-refractivity contribution in [1.82, 2.24) is 14.7 Å². The fourth-order valence-corrected chi connectivity index (χ4v) is 9.83. The molecule has 0 radical (unpaired) electrons. The van der Waals surface area contributed by atoms with Gasteiger partial charge in [-0.1, -0.05) is 73.9 Å². The fraction of sp³-hybridized carbons (Fsp3) is 0.567. The lowest BCUT2D eigenvalue weighted by Gasteiger charge is -2.42. The van der Waals surface area contributed by atoms with Crippen molar-refractivity contribution in [3.8, 4) is 0 Å². The van der Waals surface area contributed by atoms with E-state index < -0.39 is 33.4 Å². The third-order valence-corrected chi connectivity index (χ3v) is 11.2. The third-order valence-electron chi connectivity index (χ3n) is 9.44. The number of rotatable bonds is 4. The Balaban J connectivity index is 1.51. The zero-order chi connectivity index (χ0) is 26.7. The Bertz CT molecular complexity index is 1180. The van der Waals surface area contributed by atoms with Crippen molar-refractivity contribution in [3.63, 3.8) is 0 Å². The number of fused-ring (bicyclic) bond motifs is 2. The number of aliphatic hydroxyl groups excluding tert-OH is 1. The van der Waals surface area contributed by atoms with Crippen molar-refractivity contribution in [2.75, 3.05) is 26.7 Å². The average Bonchev–Trinajstić information content (AvgIpc) is 3.20. The van der Waals surface area contributed by atoms with E-state index in [9.17, 15) is 19.5 Å². The molecule has 8 heteroatoms. The molecule has 6 rings (SSSR count). The van der Waals surface area contributed by atoms with E-state index in [2.05, 4.69) is 18.2 Å². The van der Waals surface area contributed by atoms with E-state index in [1.807, 2.05) is 48.2 Å². The minimum Gasteiger partial charge on any atom is -0.394 e. The second kappa shape index (κ2) is 9.56. The highest BCUT2D eigenvalue weighted by atomic mass is 32.2. The number of hydrogen-bond acceptors (Lipinski definition) is 5. The van der Waals surface area contributed by atoms with Crippen LogP contribution in [0.1, 0.15) is 50.6 Å². The Morgan fingerprint density at radius 3 is 2.37 bits per heavy atom. The number of likely N-dealkylation sites (N-methyl/N-ethyl adjacent to an activating group) is 1. The maximum Gasteiger partial charge on any atom is 0.247 e. The van der Waals surface area contributed by atoms with E-state index in [1.54, 1.807) is 28.6 Å². The average molecular weight is 536 g/mol. The highest BCUT2D eigenvalue weighted by molar-refractivity contribution is 8.02. The zero-order valence-corrected chi connectivity index (χ0v) is 23.0. The molecule has 7 nitrogen and oxygen atoms in total. The van der Waals surface area contributed by atoms with E-state index in [0.29, 0.717) is 13.1 Å².